The van der Waals surface area contributed by atoms with Crippen molar-refractivity contribution in [2.75, 3.05) is 5.73 Å². The maximum absolute atomic E-state index is 5.65. The number of nitrogens with two attached hydrogens (primary N) is 1. The highest BCUT2D eigenvalue weighted by molar-refractivity contribution is 5.43. The maximum Gasteiger partial charge on any atom is 0.169 e. The summed E-state index contributed by atoms with van der Waals surface area (Å²) in [6.45, 7) is 3.98. The van der Waals surface area contributed by atoms with Crippen molar-refractivity contribution < 1.29 is 4.74 Å². The van der Waals surface area contributed by atoms with Gasteiger partial charge in [-0.25, -0.2) is 15.0 Å². The lowest BCUT2D eigenvalue weighted by atomic mass is 10.3. The van der Waals surface area contributed by atoms with E-state index in [1.54, 1.807) is 6.07 Å². The molecule has 0 atom stereocenters. The second-order valence-electron chi connectivity index (χ2n) is 3.71. The monoisotopic (exact) mass is 230 g/mol. The quantitative estimate of drug-likeness (QED) is 0.811. The van der Waals surface area contributed by atoms with Crippen LogP contribution in [0.2, 0.25) is 0 Å². The molecule has 2 aromatic rings. The summed E-state index contributed by atoms with van der Waals surface area (Å²) in [5.41, 5.74) is 6.33. The van der Waals surface area contributed by atoms with Crippen LogP contribution >= 0.6 is 0 Å². The molecule has 5 heteroatoms. The highest BCUT2D eigenvalue weighted by atomic mass is 16.5. The van der Waals surface area contributed by atoms with Crippen LogP contribution in [0.15, 0.2) is 24.3 Å². The van der Waals surface area contributed by atoms with Gasteiger partial charge in [-0.05, 0) is 26.0 Å². The Morgan fingerprint density at radius 2 is 1.82 bits per heavy atom. The van der Waals surface area contributed by atoms with Crippen molar-refractivity contribution in [2.24, 2.45) is 0 Å². The van der Waals surface area contributed by atoms with Crippen LogP contribution in [0, 0.1) is 13.8 Å². The molecule has 0 unspecified atom stereocenters. The first kappa shape index (κ1) is 11.3. The summed E-state index contributed by atoms with van der Waals surface area (Å²) < 4.78 is 5.55. The van der Waals surface area contributed by atoms with Crippen molar-refractivity contribution in [1.82, 2.24) is 15.0 Å². The average Bonchev–Trinajstić information content (AvgIpc) is 2.25. The number of anilines is 1. The highest BCUT2D eigenvalue weighted by Crippen LogP contribution is 2.15. The van der Waals surface area contributed by atoms with Crippen LogP contribution in [0.5, 0.6) is 5.75 Å². The third-order valence-corrected chi connectivity index (χ3v) is 2.13. The molecule has 17 heavy (non-hydrogen) atoms. The minimum Gasteiger partial charge on any atom is -0.486 e. The van der Waals surface area contributed by atoms with Crippen LogP contribution in [-0.2, 0) is 6.61 Å². The van der Waals surface area contributed by atoms with Crippen molar-refractivity contribution in [3.8, 4) is 5.75 Å². The molecule has 1 aromatic heterocycles. The van der Waals surface area contributed by atoms with Crippen molar-refractivity contribution in [3.63, 3.8) is 0 Å². The first-order valence-corrected chi connectivity index (χ1v) is 5.30. The van der Waals surface area contributed by atoms with Gasteiger partial charge in [-0.15, -0.1) is 0 Å². The average molecular weight is 230 g/mol. The van der Waals surface area contributed by atoms with Gasteiger partial charge in [0.05, 0.1) is 0 Å². The molecule has 0 amide bonds. The van der Waals surface area contributed by atoms with E-state index in [2.05, 4.69) is 15.0 Å². The maximum atomic E-state index is 5.65. The lowest BCUT2D eigenvalue weighted by Gasteiger charge is -2.06. The second-order valence-corrected chi connectivity index (χ2v) is 3.71. The number of aryl methyl sites for hydroxylation is 2. The summed E-state index contributed by atoms with van der Waals surface area (Å²) >= 11 is 0. The molecule has 0 bridgehead atoms. The summed E-state index contributed by atoms with van der Waals surface area (Å²) in [5.74, 6) is 2.73. The van der Waals surface area contributed by atoms with Gasteiger partial charge in [-0.1, -0.05) is 6.07 Å². The number of benzene rings is 1. The molecule has 0 radical (unpaired) electrons. The van der Waals surface area contributed by atoms with Gasteiger partial charge in [0.15, 0.2) is 5.82 Å². The molecule has 0 saturated heterocycles. The van der Waals surface area contributed by atoms with Crippen molar-refractivity contribution >= 4 is 5.69 Å². The zero-order valence-corrected chi connectivity index (χ0v) is 9.84. The van der Waals surface area contributed by atoms with Gasteiger partial charge < -0.3 is 10.5 Å². The van der Waals surface area contributed by atoms with E-state index in [1.165, 1.54) is 0 Å². The molecule has 5 nitrogen and oxygen atoms in total. The Hall–Kier alpha value is -2.17. The number of ether oxygens (including phenoxy) is 1. The van der Waals surface area contributed by atoms with Crippen LogP contribution in [0.25, 0.3) is 0 Å². The molecule has 0 saturated carbocycles. The number of nitrogens with zero attached hydrogens (tertiary/aromatic N) is 3. The number of nitrogen functional groups attached to an aromatic ring is 1. The molecule has 2 N–H and O–H groups in total. The summed E-state index contributed by atoms with van der Waals surface area (Å²) in [6, 6.07) is 7.26. The second kappa shape index (κ2) is 4.78. The topological polar surface area (TPSA) is 73.9 Å². The number of hydrogen-bond donors (Lipinski definition) is 1. The van der Waals surface area contributed by atoms with Crippen molar-refractivity contribution in [3.05, 3.63) is 41.7 Å². The fourth-order valence-electron chi connectivity index (χ4n) is 1.50. The summed E-state index contributed by atoms with van der Waals surface area (Å²) in [4.78, 5) is 12.5. The summed E-state index contributed by atoms with van der Waals surface area (Å²) in [7, 11) is 0. The Bertz CT molecular complexity index is 507. The van der Waals surface area contributed by atoms with Gasteiger partial charge in [0.25, 0.3) is 0 Å². The summed E-state index contributed by atoms with van der Waals surface area (Å²) in [6.07, 6.45) is 0. The van der Waals surface area contributed by atoms with Crippen molar-refractivity contribution in [1.29, 1.82) is 0 Å². The minimum atomic E-state index is 0.313. The largest absolute Gasteiger partial charge is 0.486 e. The summed E-state index contributed by atoms with van der Waals surface area (Å²) in [5, 5.41) is 0. The first-order valence-electron chi connectivity index (χ1n) is 5.30. The predicted molar refractivity (Wildman–Crippen MR) is 64.5 cm³/mol. The standard InChI is InChI=1S/C12H14N4O/c1-8-14-9(2)16-12(15-8)7-17-11-5-3-4-10(13)6-11/h3-6H,7,13H2,1-2H3. The molecular weight excluding hydrogens is 216 g/mol. The highest BCUT2D eigenvalue weighted by Gasteiger charge is 2.02. The predicted octanol–water partition coefficient (Wildman–Crippen LogP) is 1.65. The number of rotatable bonds is 3. The molecule has 2 rings (SSSR count). The van der Waals surface area contributed by atoms with Gasteiger partial charge in [-0.3, -0.25) is 0 Å². The van der Waals surface area contributed by atoms with E-state index >= 15 is 0 Å². The smallest absolute Gasteiger partial charge is 0.169 e. The molecule has 0 aliphatic carbocycles. The fourth-order valence-corrected chi connectivity index (χ4v) is 1.50. The zero-order valence-electron chi connectivity index (χ0n) is 9.84. The van der Waals surface area contributed by atoms with Gasteiger partial charge in [0.2, 0.25) is 0 Å². The third-order valence-electron chi connectivity index (χ3n) is 2.13. The van der Waals surface area contributed by atoms with E-state index in [-0.39, 0.29) is 0 Å². The Kier molecular flexibility index (Phi) is 3.18. The van der Waals surface area contributed by atoms with E-state index in [1.807, 2.05) is 32.0 Å². The molecule has 0 fully saturated rings. The third kappa shape index (κ3) is 3.14. The number of hydrogen-bond acceptors (Lipinski definition) is 5. The zero-order chi connectivity index (χ0) is 12.3. The van der Waals surface area contributed by atoms with Crippen LogP contribution < -0.4 is 10.5 Å². The van der Waals surface area contributed by atoms with E-state index in [9.17, 15) is 0 Å². The molecule has 0 aliphatic rings. The SMILES string of the molecule is Cc1nc(C)nc(COc2cccc(N)c2)n1. The molecule has 1 aromatic carbocycles. The van der Waals surface area contributed by atoms with Gasteiger partial charge in [0, 0.05) is 11.8 Å². The van der Waals surface area contributed by atoms with Crippen LogP contribution in [0.4, 0.5) is 5.69 Å². The van der Waals surface area contributed by atoms with E-state index in [4.69, 9.17) is 10.5 Å². The Morgan fingerprint density at radius 3 is 2.47 bits per heavy atom. The number of aromatic nitrogens is 3. The van der Waals surface area contributed by atoms with Gasteiger partial charge in [0.1, 0.15) is 24.0 Å². The fraction of sp³-hybridized carbons (Fsp3) is 0.250. The Labute approximate surface area is 99.7 Å². The van der Waals surface area contributed by atoms with E-state index < -0.39 is 0 Å². The van der Waals surface area contributed by atoms with Crippen LogP contribution in [0.1, 0.15) is 17.5 Å². The Morgan fingerprint density at radius 1 is 1.12 bits per heavy atom. The van der Waals surface area contributed by atoms with Crippen LogP contribution in [0.3, 0.4) is 0 Å². The van der Waals surface area contributed by atoms with E-state index in [0.29, 0.717) is 35.5 Å². The van der Waals surface area contributed by atoms with E-state index in [0.717, 1.165) is 0 Å². The molecule has 1 heterocycles. The molecule has 88 valence electrons. The first-order chi connectivity index (χ1) is 8.13. The Balaban J connectivity index is 2.07. The van der Waals surface area contributed by atoms with Gasteiger partial charge in [-0.2, -0.15) is 0 Å². The van der Waals surface area contributed by atoms with Gasteiger partial charge >= 0.3 is 0 Å². The lowest BCUT2D eigenvalue weighted by Crippen LogP contribution is -2.06. The van der Waals surface area contributed by atoms with Crippen LogP contribution in [-0.4, -0.2) is 15.0 Å². The normalized spacial score (nSPS) is 10.2. The lowest BCUT2D eigenvalue weighted by molar-refractivity contribution is 0.294. The molecule has 0 spiro atoms. The van der Waals surface area contributed by atoms with Crippen molar-refractivity contribution in [2.45, 2.75) is 20.5 Å². The minimum absolute atomic E-state index is 0.313. The molecule has 0 aliphatic heterocycles. The molecular formula is C12H14N4O.